The summed E-state index contributed by atoms with van der Waals surface area (Å²) in [6, 6.07) is 22.7. The Balaban J connectivity index is 1.28. The van der Waals surface area contributed by atoms with Crippen molar-refractivity contribution in [1.82, 2.24) is 14.9 Å². The number of benzene rings is 3. The molecule has 0 aliphatic heterocycles. The van der Waals surface area contributed by atoms with Gasteiger partial charge in [-0.25, -0.2) is 4.79 Å². The fourth-order valence-electron chi connectivity index (χ4n) is 6.46. The maximum atomic E-state index is 13.4. The number of aromatic nitrogens is 2. The lowest BCUT2D eigenvalue weighted by Crippen LogP contribution is -2.44. The zero-order valence-electron chi connectivity index (χ0n) is 38.8. The van der Waals surface area contributed by atoms with E-state index in [-0.39, 0.29) is 42.0 Å². The number of methoxy groups -OCH3 is 1. The summed E-state index contributed by atoms with van der Waals surface area (Å²) in [6.45, 7) is 22.1. The monoisotopic (exact) mass is 906 g/mol. The van der Waals surface area contributed by atoms with E-state index in [0.717, 1.165) is 33.4 Å². The zero-order chi connectivity index (χ0) is 46.8. The van der Waals surface area contributed by atoms with Crippen molar-refractivity contribution < 1.29 is 37.7 Å². The smallest absolute Gasteiger partial charge is 0.410 e. The Morgan fingerprint density at radius 2 is 1.48 bits per heavy atom. The van der Waals surface area contributed by atoms with Gasteiger partial charge in [0.05, 0.1) is 36.4 Å². The highest BCUT2D eigenvalue weighted by Crippen LogP contribution is 2.37. The third-order valence-electron chi connectivity index (χ3n) is 11.2. The number of ether oxygens (including phenoxy) is 5. The van der Waals surface area contributed by atoms with Gasteiger partial charge in [-0.05, 0) is 104 Å². The van der Waals surface area contributed by atoms with Crippen molar-refractivity contribution in [2.45, 2.75) is 105 Å². The van der Waals surface area contributed by atoms with Crippen molar-refractivity contribution in [3.8, 4) is 40.5 Å². The van der Waals surface area contributed by atoms with Crippen LogP contribution in [0.15, 0.2) is 79.1 Å². The normalized spacial score (nSPS) is 11.7. The molecule has 0 N–H and O–H groups in total. The third-order valence-corrected chi connectivity index (χ3v) is 16.0. The Morgan fingerprint density at radius 1 is 0.844 bits per heavy atom. The van der Waals surface area contributed by atoms with Crippen LogP contribution in [0.5, 0.6) is 23.3 Å². The summed E-state index contributed by atoms with van der Waals surface area (Å²) in [6.07, 6.45) is 3.30. The van der Waals surface area contributed by atoms with Gasteiger partial charge >= 0.3 is 6.09 Å². The Bertz CT molecular complexity index is 2490. The molecule has 64 heavy (non-hydrogen) atoms. The number of aldehydes is 1. The highest BCUT2D eigenvalue weighted by Gasteiger charge is 2.37. The molecule has 0 saturated heterocycles. The minimum atomic E-state index is -2.03. The first-order chi connectivity index (χ1) is 30.2. The number of rotatable bonds is 18. The Kier molecular flexibility index (Phi) is 16.2. The summed E-state index contributed by atoms with van der Waals surface area (Å²) in [4.78, 5) is 35.6. The fraction of sp³-hybridized carbons (Fsp3) is 0.380. The van der Waals surface area contributed by atoms with Crippen molar-refractivity contribution in [2.75, 3.05) is 20.3 Å². The number of hydrogen-bond donors (Lipinski definition) is 0. The van der Waals surface area contributed by atoms with Gasteiger partial charge in [0.25, 0.3) is 0 Å². The van der Waals surface area contributed by atoms with Crippen LogP contribution in [-0.4, -0.2) is 61.4 Å². The molecular formula is C50H59ClN4O8Si. The van der Waals surface area contributed by atoms with Crippen LogP contribution in [0, 0.1) is 25.2 Å². The standard InChI is InChI=1S/C50H59ClN4O8Si/c1-33-38(31-60-45-24-44(40(29-56)23-43(45)51)59-30-36-22-35(25-52)26-53-27-36)14-12-16-41(33)42-17-13-15-39(34(42)2)32-61-46-19-18-37(47(54-46)58-9)28-55(48(57)63-49(3,4)5)20-21-62-64(10,11)50(6,7)8/h12-19,22-24,26-27,29H,20-21,28,30-32H2,1-11H3. The minimum absolute atomic E-state index is 0.0357. The number of carbonyl (C=O) groups excluding carboxylic acids is 2. The van der Waals surface area contributed by atoms with Gasteiger partial charge < -0.3 is 33.0 Å². The molecule has 0 atom stereocenters. The van der Waals surface area contributed by atoms with Crippen LogP contribution in [0.1, 0.15) is 90.8 Å². The Hall–Kier alpha value is -5.94. The molecule has 14 heteroatoms. The number of amides is 1. The molecule has 0 radical (unpaired) electrons. The molecule has 5 aromatic rings. The number of nitrogens with zero attached hydrogens (tertiary/aromatic N) is 4. The van der Waals surface area contributed by atoms with E-state index in [4.69, 9.17) is 39.7 Å². The summed E-state index contributed by atoms with van der Waals surface area (Å²) < 4.78 is 36.3. The molecule has 0 bridgehead atoms. The van der Waals surface area contributed by atoms with Gasteiger partial charge in [0, 0.05) is 42.2 Å². The summed E-state index contributed by atoms with van der Waals surface area (Å²) in [5, 5.41) is 9.53. The van der Waals surface area contributed by atoms with Crippen molar-refractivity contribution in [1.29, 1.82) is 5.26 Å². The van der Waals surface area contributed by atoms with Crippen LogP contribution in [0.2, 0.25) is 23.2 Å². The van der Waals surface area contributed by atoms with Gasteiger partial charge in [-0.1, -0.05) is 68.8 Å². The van der Waals surface area contributed by atoms with Crippen LogP contribution in [0.4, 0.5) is 4.79 Å². The average Bonchev–Trinajstić information content (AvgIpc) is 3.24. The summed E-state index contributed by atoms with van der Waals surface area (Å²) in [7, 11) is -0.487. The molecule has 0 unspecified atom stereocenters. The molecule has 1 amide bonds. The molecule has 0 fully saturated rings. The number of pyridine rings is 2. The lowest BCUT2D eigenvalue weighted by atomic mass is 9.92. The van der Waals surface area contributed by atoms with E-state index in [1.807, 2.05) is 51.1 Å². The molecule has 338 valence electrons. The number of nitriles is 1. The lowest BCUT2D eigenvalue weighted by Gasteiger charge is -2.37. The van der Waals surface area contributed by atoms with Gasteiger partial charge in [0.1, 0.15) is 43.0 Å². The topological polar surface area (TPSA) is 142 Å². The van der Waals surface area contributed by atoms with Gasteiger partial charge in [-0.2, -0.15) is 10.2 Å². The van der Waals surface area contributed by atoms with Crippen molar-refractivity contribution in [3.63, 3.8) is 0 Å². The van der Waals surface area contributed by atoms with E-state index in [1.54, 1.807) is 36.4 Å². The van der Waals surface area contributed by atoms with Crippen LogP contribution in [-0.2, 0) is 35.5 Å². The van der Waals surface area contributed by atoms with E-state index in [0.29, 0.717) is 59.4 Å². The molecule has 2 aromatic heterocycles. The summed E-state index contributed by atoms with van der Waals surface area (Å²) in [5.41, 5.74) is 7.47. The molecule has 2 heterocycles. The molecule has 12 nitrogen and oxygen atoms in total. The van der Waals surface area contributed by atoms with Gasteiger partial charge in [-0.15, -0.1) is 0 Å². The summed E-state index contributed by atoms with van der Waals surface area (Å²) in [5.74, 6) is 1.38. The molecule has 5 rings (SSSR count). The molecule has 0 saturated carbocycles. The maximum Gasteiger partial charge on any atom is 0.410 e. The van der Waals surface area contributed by atoms with Crippen LogP contribution in [0.25, 0.3) is 11.1 Å². The second-order valence-electron chi connectivity index (χ2n) is 18.0. The largest absolute Gasteiger partial charge is 0.488 e. The van der Waals surface area contributed by atoms with E-state index >= 15 is 0 Å². The Labute approximate surface area is 383 Å². The second kappa shape index (κ2) is 21.2. The molecule has 0 aliphatic carbocycles. The maximum absolute atomic E-state index is 13.4. The van der Waals surface area contributed by atoms with E-state index in [1.165, 1.54) is 12.3 Å². The van der Waals surface area contributed by atoms with Crippen LogP contribution < -0.4 is 18.9 Å². The Morgan fingerprint density at radius 3 is 2.08 bits per heavy atom. The molecule has 0 spiro atoms. The van der Waals surface area contributed by atoms with E-state index in [9.17, 15) is 14.9 Å². The van der Waals surface area contributed by atoms with Crippen molar-refractivity contribution >= 4 is 32.3 Å². The number of hydrogen-bond acceptors (Lipinski definition) is 11. The SMILES string of the molecule is COc1nc(OCc2cccc(-c3cccc(COc4cc(OCc5cncc(C#N)c5)c(C=O)cc4Cl)c3C)c2C)ccc1CN(CCO[Si](C)(C)C(C)(C)C)C(=O)OC(C)(C)C. The first-order valence-corrected chi connectivity index (χ1v) is 24.4. The summed E-state index contributed by atoms with van der Waals surface area (Å²) >= 11 is 6.57. The van der Waals surface area contributed by atoms with Crippen molar-refractivity contribution in [3.05, 3.63) is 129 Å². The molecule has 0 aliphatic rings. The van der Waals surface area contributed by atoms with Gasteiger partial charge in [0.2, 0.25) is 11.8 Å². The van der Waals surface area contributed by atoms with Gasteiger partial charge in [0.15, 0.2) is 14.6 Å². The number of carbonyl (C=O) groups is 2. The van der Waals surface area contributed by atoms with E-state index in [2.05, 4.69) is 75.9 Å². The quantitative estimate of drug-likeness (QED) is 0.0612. The van der Waals surface area contributed by atoms with Crippen LogP contribution >= 0.6 is 11.6 Å². The fourth-order valence-corrected chi connectivity index (χ4v) is 7.72. The zero-order valence-corrected chi connectivity index (χ0v) is 40.5. The predicted molar refractivity (Wildman–Crippen MR) is 251 cm³/mol. The van der Waals surface area contributed by atoms with Crippen molar-refractivity contribution in [2.24, 2.45) is 0 Å². The van der Waals surface area contributed by atoms with Crippen LogP contribution in [0.3, 0.4) is 0 Å². The lowest BCUT2D eigenvalue weighted by molar-refractivity contribution is 0.0204. The van der Waals surface area contributed by atoms with E-state index < -0.39 is 20.0 Å². The first kappa shape index (κ1) is 49.1. The number of halogens is 1. The van der Waals surface area contributed by atoms with Gasteiger partial charge in [-0.3, -0.25) is 9.78 Å². The molecule has 3 aromatic carbocycles. The first-order valence-electron chi connectivity index (χ1n) is 21.1. The predicted octanol–water partition coefficient (Wildman–Crippen LogP) is 11.6. The second-order valence-corrected chi connectivity index (χ2v) is 23.2. The highest BCUT2D eigenvalue weighted by atomic mass is 35.5. The highest BCUT2D eigenvalue weighted by molar-refractivity contribution is 6.74. The molecular weight excluding hydrogens is 848 g/mol. The third kappa shape index (κ3) is 12.8. The average molecular weight is 908 g/mol. The minimum Gasteiger partial charge on any atom is -0.488 e.